The van der Waals surface area contributed by atoms with Crippen LogP contribution in [0.25, 0.3) is 0 Å². The highest BCUT2D eigenvalue weighted by atomic mass is 16.7. The van der Waals surface area contributed by atoms with Gasteiger partial charge in [-0.1, -0.05) is 117 Å². The van der Waals surface area contributed by atoms with Crippen LogP contribution in [0.1, 0.15) is 129 Å². The van der Waals surface area contributed by atoms with Crippen LogP contribution in [-0.2, 0) is 9.47 Å². The summed E-state index contributed by atoms with van der Waals surface area (Å²) in [5.41, 5.74) is 0. The zero-order valence-corrected chi connectivity index (χ0v) is 19.9. The van der Waals surface area contributed by atoms with E-state index in [1.165, 1.54) is 77.0 Å². The molecule has 0 saturated carbocycles. The van der Waals surface area contributed by atoms with Gasteiger partial charge in [0.2, 0.25) is 0 Å². The van der Waals surface area contributed by atoms with Crippen molar-refractivity contribution in [2.24, 2.45) is 0 Å². The molecular formula is C25H50O5. The number of aliphatic hydroxyl groups is 2. The van der Waals surface area contributed by atoms with Gasteiger partial charge in [0.1, 0.15) is 13.2 Å². The highest BCUT2D eigenvalue weighted by Crippen LogP contribution is 2.12. The molecular weight excluding hydrogens is 380 g/mol. The van der Waals surface area contributed by atoms with E-state index >= 15 is 0 Å². The summed E-state index contributed by atoms with van der Waals surface area (Å²) in [6, 6.07) is 0. The first-order valence-corrected chi connectivity index (χ1v) is 12.8. The third-order valence-electron chi connectivity index (χ3n) is 5.57. The topological polar surface area (TPSA) is 76.0 Å². The van der Waals surface area contributed by atoms with E-state index in [2.05, 4.69) is 13.8 Å². The summed E-state index contributed by atoms with van der Waals surface area (Å²) in [6.45, 7) is 4.37. The van der Waals surface area contributed by atoms with Crippen LogP contribution in [0.3, 0.4) is 0 Å². The van der Waals surface area contributed by atoms with Gasteiger partial charge in [0, 0.05) is 0 Å². The first kappa shape index (κ1) is 29.2. The molecule has 0 saturated heterocycles. The predicted molar refractivity (Wildman–Crippen MR) is 124 cm³/mol. The molecule has 0 aliphatic carbocycles. The second-order valence-corrected chi connectivity index (χ2v) is 8.71. The number of hydrogen-bond donors (Lipinski definition) is 2. The minimum Gasteiger partial charge on any atom is -0.432 e. The van der Waals surface area contributed by atoms with Gasteiger partial charge in [0.05, 0.1) is 12.2 Å². The molecule has 0 aliphatic heterocycles. The van der Waals surface area contributed by atoms with Gasteiger partial charge in [-0.25, -0.2) is 4.79 Å². The van der Waals surface area contributed by atoms with E-state index in [-0.39, 0.29) is 13.2 Å². The predicted octanol–water partition coefficient (Wildman–Crippen LogP) is 6.92. The Kier molecular flexibility index (Phi) is 22.2. The molecule has 180 valence electrons. The van der Waals surface area contributed by atoms with Crippen LogP contribution in [0.4, 0.5) is 4.79 Å². The maximum Gasteiger partial charge on any atom is 0.508 e. The van der Waals surface area contributed by atoms with Gasteiger partial charge in [0.25, 0.3) is 0 Å². The molecule has 0 heterocycles. The maximum absolute atomic E-state index is 11.6. The molecule has 0 aliphatic rings. The fraction of sp³-hybridized carbons (Fsp3) is 0.960. The zero-order valence-electron chi connectivity index (χ0n) is 19.9. The minimum absolute atomic E-state index is 0.0382. The number of hydrogen-bond acceptors (Lipinski definition) is 5. The van der Waals surface area contributed by atoms with Crippen LogP contribution >= 0.6 is 0 Å². The number of carbonyl (C=O) groups is 1. The highest BCUT2D eigenvalue weighted by molar-refractivity contribution is 5.59. The van der Waals surface area contributed by atoms with Crippen molar-refractivity contribution in [3.63, 3.8) is 0 Å². The molecule has 2 N–H and O–H groups in total. The number of carbonyl (C=O) groups excluding carboxylic acids is 1. The normalized spacial score (nSPS) is 13.2. The lowest BCUT2D eigenvalue weighted by Crippen LogP contribution is -2.23. The lowest BCUT2D eigenvalue weighted by atomic mass is 10.1. The molecule has 2 atom stereocenters. The summed E-state index contributed by atoms with van der Waals surface area (Å²) in [7, 11) is 0. The van der Waals surface area contributed by atoms with Gasteiger partial charge in [0.15, 0.2) is 0 Å². The van der Waals surface area contributed by atoms with E-state index in [4.69, 9.17) is 9.47 Å². The fourth-order valence-corrected chi connectivity index (χ4v) is 3.56. The van der Waals surface area contributed by atoms with Crippen LogP contribution in [0, 0.1) is 0 Å². The van der Waals surface area contributed by atoms with Crippen LogP contribution in [0.2, 0.25) is 0 Å². The van der Waals surface area contributed by atoms with Crippen molar-refractivity contribution in [3.8, 4) is 0 Å². The largest absolute Gasteiger partial charge is 0.508 e. The molecule has 0 radical (unpaired) electrons. The molecule has 0 bridgehead atoms. The summed E-state index contributed by atoms with van der Waals surface area (Å²) < 4.78 is 9.89. The molecule has 5 heteroatoms. The smallest absolute Gasteiger partial charge is 0.432 e. The van der Waals surface area contributed by atoms with E-state index in [1.807, 2.05) is 0 Å². The Morgan fingerprint density at radius 1 is 0.567 bits per heavy atom. The standard InChI is InChI=1S/C25H50O5/c1-3-5-7-9-11-13-15-17-19-23(26)21-29-25(28)30-22-24(27)20-18-16-14-12-10-8-6-4-2/h23-24,26-27H,3-22H2,1-2H3. The Morgan fingerprint density at radius 2 is 0.867 bits per heavy atom. The second-order valence-electron chi connectivity index (χ2n) is 8.71. The van der Waals surface area contributed by atoms with Crippen molar-refractivity contribution >= 4 is 6.16 Å². The van der Waals surface area contributed by atoms with E-state index in [9.17, 15) is 15.0 Å². The van der Waals surface area contributed by atoms with Crippen molar-refractivity contribution < 1.29 is 24.5 Å². The van der Waals surface area contributed by atoms with Crippen LogP contribution in [0.5, 0.6) is 0 Å². The van der Waals surface area contributed by atoms with Crippen LogP contribution < -0.4 is 0 Å². The van der Waals surface area contributed by atoms with Gasteiger partial charge in [-0.05, 0) is 12.8 Å². The Morgan fingerprint density at radius 3 is 1.20 bits per heavy atom. The average molecular weight is 431 g/mol. The van der Waals surface area contributed by atoms with E-state index in [0.29, 0.717) is 12.8 Å². The summed E-state index contributed by atoms with van der Waals surface area (Å²) >= 11 is 0. The van der Waals surface area contributed by atoms with Gasteiger partial charge in [-0.15, -0.1) is 0 Å². The first-order valence-electron chi connectivity index (χ1n) is 12.8. The summed E-state index contributed by atoms with van der Waals surface area (Å²) in [5, 5.41) is 19.8. The number of unbranched alkanes of at least 4 members (excludes halogenated alkanes) is 14. The fourth-order valence-electron chi connectivity index (χ4n) is 3.56. The van der Waals surface area contributed by atoms with Crippen molar-refractivity contribution in [1.29, 1.82) is 0 Å². The van der Waals surface area contributed by atoms with E-state index in [0.717, 1.165) is 25.7 Å². The highest BCUT2D eigenvalue weighted by Gasteiger charge is 2.12. The molecule has 0 aromatic carbocycles. The number of ether oxygens (including phenoxy) is 2. The average Bonchev–Trinajstić information content (AvgIpc) is 2.74. The second kappa shape index (κ2) is 22.9. The SMILES string of the molecule is CCCCCCCCCCC(O)COC(=O)OCC(O)CCCCCCCCCC. The maximum atomic E-state index is 11.6. The molecule has 30 heavy (non-hydrogen) atoms. The molecule has 0 aromatic rings. The Hall–Kier alpha value is -0.810. The summed E-state index contributed by atoms with van der Waals surface area (Å²) in [4.78, 5) is 11.6. The molecule has 0 aromatic heterocycles. The molecule has 0 fully saturated rings. The third kappa shape index (κ3) is 21.9. The number of aliphatic hydroxyl groups excluding tert-OH is 2. The van der Waals surface area contributed by atoms with Crippen LogP contribution in [0.15, 0.2) is 0 Å². The minimum atomic E-state index is -0.806. The van der Waals surface area contributed by atoms with Crippen LogP contribution in [-0.4, -0.2) is 41.8 Å². The Bertz CT molecular complexity index is 329. The van der Waals surface area contributed by atoms with Crippen molar-refractivity contribution in [2.45, 2.75) is 142 Å². The molecule has 0 rings (SSSR count). The first-order chi connectivity index (χ1) is 14.6. The van der Waals surface area contributed by atoms with E-state index < -0.39 is 18.4 Å². The van der Waals surface area contributed by atoms with Crippen molar-refractivity contribution in [1.82, 2.24) is 0 Å². The van der Waals surface area contributed by atoms with Crippen molar-refractivity contribution in [3.05, 3.63) is 0 Å². The molecule has 2 unspecified atom stereocenters. The summed E-state index contributed by atoms with van der Waals surface area (Å²) in [6.07, 6.45) is 18.7. The van der Waals surface area contributed by atoms with Gasteiger partial charge < -0.3 is 19.7 Å². The lowest BCUT2D eigenvalue weighted by Gasteiger charge is -2.13. The van der Waals surface area contributed by atoms with Crippen molar-refractivity contribution in [2.75, 3.05) is 13.2 Å². The zero-order chi connectivity index (χ0) is 22.3. The lowest BCUT2D eigenvalue weighted by molar-refractivity contribution is -0.00550. The van der Waals surface area contributed by atoms with Gasteiger partial charge in [-0.2, -0.15) is 0 Å². The third-order valence-corrected chi connectivity index (χ3v) is 5.57. The Labute approximate surface area is 185 Å². The van der Waals surface area contributed by atoms with Gasteiger partial charge in [-0.3, -0.25) is 0 Å². The molecule has 5 nitrogen and oxygen atoms in total. The van der Waals surface area contributed by atoms with Gasteiger partial charge >= 0.3 is 6.16 Å². The Balaban J connectivity index is 3.45. The molecule has 0 amide bonds. The monoisotopic (exact) mass is 430 g/mol. The quantitative estimate of drug-likeness (QED) is 0.144. The summed E-state index contributed by atoms with van der Waals surface area (Å²) in [5.74, 6) is 0. The van der Waals surface area contributed by atoms with E-state index in [1.54, 1.807) is 0 Å². The molecule has 0 spiro atoms. The number of rotatable bonds is 22.